The number of aromatic nitrogens is 1. The monoisotopic (exact) mass is 516 g/mol. The van der Waals surface area contributed by atoms with Crippen molar-refractivity contribution in [2.75, 3.05) is 13.4 Å². The van der Waals surface area contributed by atoms with E-state index in [0.29, 0.717) is 48.1 Å². The summed E-state index contributed by atoms with van der Waals surface area (Å²) in [5.74, 6) is 1.19. The van der Waals surface area contributed by atoms with Crippen molar-refractivity contribution >= 4 is 39.3 Å². The molecule has 0 spiro atoms. The van der Waals surface area contributed by atoms with Gasteiger partial charge in [-0.25, -0.2) is 9.79 Å². The minimum absolute atomic E-state index is 0.125. The Morgan fingerprint density at radius 2 is 2.12 bits per heavy atom. The zero-order chi connectivity index (χ0) is 22.4. The number of esters is 1. The normalized spacial score (nSPS) is 17.3. The quantitative estimate of drug-likeness (QED) is 0.495. The number of furan rings is 1. The van der Waals surface area contributed by atoms with Crippen LogP contribution in [0.5, 0.6) is 11.5 Å². The van der Waals surface area contributed by atoms with Crippen LogP contribution in [0.1, 0.15) is 31.2 Å². The van der Waals surface area contributed by atoms with Gasteiger partial charge in [0.25, 0.3) is 5.56 Å². The molecule has 0 saturated carbocycles. The Labute approximate surface area is 194 Å². The van der Waals surface area contributed by atoms with Crippen LogP contribution in [0, 0.1) is 0 Å². The van der Waals surface area contributed by atoms with Crippen LogP contribution < -0.4 is 24.4 Å². The molecule has 32 heavy (non-hydrogen) atoms. The molecule has 5 rings (SSSR count). The van der Waals surface area contributed by atoms with E-state index in [9.17, 15) is 9.59 Å². The van der Waals surface area contributed by atoms with Crippen molar-refractivity contribution in [2.24, 2.45) is 4.99 Å². The lowest BCUT2D eigenvalue weighted by Gasteiger charge is -2.24. The fourth-order valence-corrected chi connectivity index (χ4v) is 5.07. The summed E-state index contributed by atoms with van der Waals surface area (Å²) in [5, 5.41) is 0. The van der Waals surface area contributed by atoms with Crippen molar-refractivity contribution in [3.63, 3.8) is 0 Å². The van der Waals surface area contributed by atoms with Gasteiger partial charge in [0.15, 0.2) is 21.0 Å². The minimum atomic E-state index is -0.717. The number of nitrogens with zero attached hydrogens (tertiary/aromatic N) is 2. The average Bonchev–Trinajstić information content (AvgIpc) is 3.46. The fourth-order valence-electron chi connectivity index (χ4n) is 3.73. The second kappa shape index (κ2) is 8.10. The summed E-state index contributed by atoms with van der Waals surface area (Å²) in [6.45, 7) is 3.81. The van der Waals surface area contributed by atoms with Crippen LogP contribution in [0.15, 0.2) is 60.5 Å². The first-order valence-corrected chi connectivity index (χ1v) is 11.4. The van der Waals surface area contributed by atoms with Crippen molar-refractivity contribution in [3.8, 4) is 11.5 Å². The molecule has 2 aromatic heterocycles. The van der Waals surface area contributed by atoms with Crippen molar-refractivity contribution in [3.05, 3.63) is 77.3 Å². The zero-order valence-corrected chi connectivity index (χ0v) is 19.5. The number of ether oxygens (including phenoxy) is 3. The Morgan fingerprint density at radius 3 is 2.88 bits per heavy atom. The maximum absolute atomic E-state index is 13.5. The molecule has 2 aliphatic heterocycles. The molecular formula is C22H17BrN2O6S. The third kappa shape index (κ3) is 3.49. The van der Waals surface area contributed by atoms with Gasteiger partial charge < -0.3 is 18.6 Å². The van der Waals surface area contributed by atoms with Crippen molar-refractivity contribution in [2.45, 2.75) is 19.9 Å². The minimum Gasteiger partial charge on any atom is -0.463 e. The van der Waals surface area contributed by atoms with Crippen LogP contribution in [0.25, 0.3) is 6.08 Å². The van der Waals surface area contributed by atoms with Crippen LogP contribution >= 0.6 is 27.3 Å². The fraction of sp³-hybridized carbons (Fsp3) is 0.227. The van der Waals surface area contributed by atoms with E-state index in [1.54, 1.807) is 44.2 Å². The second-order valence-electron chi connectivity index (χ2n) is 7.06. The lowest BCUT2D eigenvalue weighted by molar-refractivity contribution is -0.139. The second-order valence-corrected chi connectivity index (χ2v) is 8.85. The Morgan fingerprint density at radius 1 is 1.31 bits per heavy atom. The Hall–Kier alpha value is -3.11. The van der Waals surface area contributed by atoms with E-state index in [1.807, 2.05) is 6.07 Å². The summed E-state index contributed by atoms with van der Waals surface area (Å²) in [7, 11) is 0. The van der Waals surface area contributed by atoms with E-state index in [0.717, 1.165) is 0 Å². The van der Waals surface area contributed by atoms with Gasteiger partial charge in [-0.3, -0.25) is 9.36 Å². The summed E-state index contributed by atoms with van der Waals surface area (Å²) in [6, 6.07) is 8.16. The molecule has 4 heterocycles. The first-order valence-electron chi connectivity index (χ1n) is 9.81. The largest absolute Gasteiger partial charge is 0.463 e. The van der Waals surface area contributed by atoms with Crippen molar-refractivity contribution in [1.29, 1.82) is 0 Å². The van der Waals surface area contributed by atoms with E-state index < -0.39 is 12.0 Å². The molecule has 10 heteroatoms. The van der Waals surface area contributed by atoms with Crippen LogP contribution in [0.2, 0.25) is 0 Å². The maximum Gasteiger partial charge on any atom is 0.338 e. The van der Waals surface area contributed by atoms with Crippen LogP contribution in [-0.2, 0) is 9.53 Å². The number of benzene rings is 1. The van der Waals surface area contributed by atoms with Crippen LogP contribution in [0.4, 0.5) is 0 Å². The van der Waals surface area contributed by atoms with Crippen molar-refractivity contribution in [1.82, 2.24) is 4.57 Å². The van der Waals surface area contributed by atoms with Gasteiger partial charge >= 0.3 is 5.97 Å². The molecule has 0 bridgehead atoms. The number of halogens is 1. The molecule has 0 unspecified atom stereocenters. The third-order valence-electron chi connectivity index (χ3n) is 5.10. The van der Waals surface area contributed by atoms with E-state index in [2.05, 4.69) is 20.9 Å². The molecule has 1 atom stereocenters. The highest BCUT2D eigenvalue weighted by atomic mass is 79.9. The molecule has 8 nitrogen and oxygen atoms in total. The van der Waals surface area contributed by atoms with E-state index >= 15 is 0 Å². The molecule has 2 aliphatic rings. The molecule has 0 N–H and O–H groups in total. The number of carbonyl (C=O) groups excluding carboxylic acids is 1. The third-order valence-corrected chi connectivity index (χ3v) is 6.51. The van der Waals surface area contributed by atoms with E-state index in [4.69, 9.17) is 18.6 Å². The predicted octanol–water partition coefficient (Wildman–Crippen LogP) is 2.88. The number of carbonyl (C=O) groups is 1. The van der Waals surface area contributed by atoms with Gasteiger partial charge in [0.05, 0.1) is 28.5 Å². The smallest absolute Gasteiger partial charge is 0.338 e. The molecule has 164 valence electrons. The van der Waals surface area contributed by atoms with Crippen LogP contribution in [-0.4, -0.2) is 23.9 Å². The van der Waals surface area contributed by atoms with Gasteiger partial charge in [-0.1, -0.05) is 17.4 Å². The number of thiazole rings is 1. The topological polar surface area (TPSA) is 92.3 Å². The molecule has 0 saturated heterocycles. The zero-order valence-electron chi connectivity index (χ0n) is 17.1. The Kier molecular flexibility index (Phi) is 5.26. The van der Waals surface area contributed by atoms with Gasteiger partial charge in [-0.2, -0.15) is 0 Å². The average molecular weight is 517 g/mol. The highest BCUT2D eigenvalue weighted by Crippen LogP contribution is 2.38. The number of fused-ring (bicyclic) bond motifs is 2. The molecular weight excluding hydrogens is 500 g/mol. The summed E-state index contributed by atoms with van der Waals surface area (Å²) >= 11 is 4.50. The number of allylic oxidation sites excluding steroid dienone is 1. The highest BCUT2D eigenvalue weighted by molar-refractivity contribution is 9.10. The predicted molar refractivity (Wildman–Crippen MR) is 119 cm³/mol. The van der Waals surface area contributed by atoms with Gasteiger partial charge in [-0.15, -0.1) is 0 Å². The highest BCUT2D eigenvalue weighted by Gasteiger charge is 2.34. The molecule has 0 aliphatic carbocycles. The van der Waals surface area contributed by atoms with Crippen molar-refractivity contribution < 1.29 is 23.4 Å². The number of hydrogen-bond donors (Lipinski definition) is 0. The standard InChI is InChI=1S/C22H17BrN2O6S/c1-3-28-21(27)18-11(2)24-22-25(19(18)12-4-6-14-15(8-12)30-10-29-14)20(26)16(32-22)9-13-5-7-17(23)31-13/h4-9,19H,3,10H2,1-2H3/b16-9+/t19-/m1/s1. The lowest BCUT2D eigenvalue weighted by atomic mass is 9.95. The van der Waals surface area contributed by atoms with E-state index in [-0.39, 0.29) is 19.0 Å². The summed E-state index contributed by atoms with van der Waals surface area (Å²) in [4.78, 5) is 31.4. The first-order chi connectivity index (χ1) is 15.5. The molecule has 0 fully saturated rings. The summed E-state index contributed by atoms with van der Waals surface area (Å²) in [5.41, 5.74) is 1.23. The summed E-state index contributed by atoms with van der Waals surface area (Å²) in [6.07, 6.45) is 1.66. The van der Waals surface area contributed by atoms with E-state index in [1.165, 1.54) is 15.9 Å². The Bertz CT molecular complexity index is 1450. The van der Waals surface area contributed by atoms with Gasteiger partial charge in [0.2, 0.25) is 6.79 Å². The molecule has 0 amide bonds. The Balaban J connectivity index is 1.73. The first kappa shape index (κ1) is 20.8. The summed E-state index contributed by atoms with van der Waals surface area (Å²) < 4.78 is 24.3. The van der Waals surface area contributed by atoms with Gasteiger partial charge in [0.1, 0.15) is 5.76 Å². The SMILES string of the molecule is CCOC(=O)C1=C(C)N=c2s/c(=C/c3ccc(Br)o3)c(=O)n2[C@@H]1c1ccc2c(c1)OCO2. The molecule has 1 aromatic carbocycles. The maximum atomic E-state index is 13.5. The molecule has 3 aromatic rings. The molecule has 0 radical (unpaired) electrons. The lowest BCUT2D eigenvalue weighted by Crippen LogP contribution is -2.39. The van der Waals surface area contributed by atoms with Crippen LogP contribution in [0.3, 0.4) is 0 Å². The number of hydrogen-bond acceptors (Lipinski definition) is 8. The van der Waals surface area contributed by atoms with Gasteiger partial charge in [0, 0.05) is 6.08 Å². The number of rotatable bonds is 4. The van der Waals surface area contributed by atoms with Gasteiger partial charge in [-0.05, 0) is 59.6 Å².